The van der Waals surface area contributed by atoms with Crippen molar-refractivity contribution >= 4 is 0 Å². The summed E-state index contributed by atoms with van der Waals surface area (Å²) in [5, 5.41) is 3.52. The minimum atomic E-state index is 0.426. The number of hydrogen-bond acceptors (Lipinski definition) is 2. The molecule has 0 radical (unpaired) electrons. The van der Waals surface area contributed by atoms with Crippen LogP contribution in [0, 0.1) is 24.7 Å². The first-order chi connectivity index (χ1) is 9.71. The van der Waals surface area contributed by atoms with E-state index in [0.717, 1.165) is 23.5 Å². The van der Waals surface area contributed by atoms with E-state index < -0.39 is 0 Å². The van der Waals surface area contributed by atoms with Gasteiger partial charge in [0.2, 0.25) is 0 Å². The fraction of sp³-hybridized carbons (Fsp3) is 0.667. The van der Waals surface area contributed by atoms with Crippen LogP contribution in [0.3, 0.4) is 0 Å². The molecule has 1 aromatic rings. The van der Waals surface area contributed by atoms with Crippen LogP contribution in [-0.2, 0) is 0 Å². The Morgan fingerprint density at radius 1 is 1.30 bits per heavy atom. The van der Waals surface area contributed by atoms with Gasteiger partial charge in [-0.2, -0.15) is 0 Å². The monoisotopic (exact) mass is 273 g/mol. The van der Waals surface area contributed by atoms with Crippen LogP contribution in [0.4, 0.5) is 0 Å². The molecule has 1 aromatic carbocycles. The molecule has 2 aliphatic rings. The highest BCUT2D eigenvalue weighted by Crippen LogP contribution is 2.51. The normalized spacial score (nSPS) is 29.6. The molecule has 2 fully saturated rings. The van der Waals surface area contributed by atoms with E-state index in [1.54, 1.807) is 7.11 Å². The van der Waals surface area contributed by atoms with Crippen LogP contribution in [-0.4, -0.2) is 14.2 Å². The van der Waals surface area contributed by atoms with E-state index in [4.69, 9.17) is 4.74 Å². The van der Waals surface area contributed by atoms with Crippen molar-refractivity contribution < 1.29 is 4.74 Å². The summed E-state index contributed by atoms with van der Waals surface area (Å²) in [6.45, 7) is 2.12. The van der Waals surface area contributed by atoms with Crippen LogP contribution in [0.25, 0.3) is 0 Å². The van der Waals surface area contributed by atoms with E-state index in [9.17, 15) is 0 Å². The molecule has 0 spiro atoms. The maximum Gasteiger partial charge on any atom is 0.123 e. The second-order valence-corrected chi connectivity index (χ2v) is 6.76. The van der Waals surface area contributed by atoms with Crippen LogP contribution in [0.15, 0.2) is 18.2 Å². The van der Waals surface area contributed by atoms with Crippen LogP contribution >= 0.6 is 0 Å². The summed E-state index contributed by atoms with van der Waals surface area (Å²) < 4.78 is 5.60. The van der Waals surface area contributed by atoms with Gasteiger partial charge in [-0.05, 0) is 69.0 Å². The largest absolute Gasteiger partial charge is 0.496 e. The van der Waals surface area contributed by atoms with Crippen molar-refractivity contribution in [2.75, 3.05) is 14.2 Å². The maximum atomic E-state index is 5.60. The highest BCUT2D eigenvalue weighted by atomic mass is 16.5. The average Bonchev–Trinajstić information content (AvgIpc) is 3.07. The zero-order valence-corrected chi connectivity index (χ0v) is 13.0. The van der Waals surface area contributed by atoms with Crippen LogP contribution in [0.1, 0.15) is 49.3 Å². The van der Waals surface area contributed by atoms with Gasteiger partial charge in [0.05, 0.1) is 7.11 Å². The van der Waals surface area contributed by atoms with Gasteiger partial charge >= 0.3 is 0 Å². The number of nitrogens with one attached hydrogen (secondary N) is 1. The van der Waals surface area contributed by atoms with Gasteiger partial charge in [-0.1, -0.05) is 18.6 Å². The van der Waals surface area contributed by atoms with Gasteiger partial charge in [0.15, 0.2) is 0 Å². The third-order valence-electron chi connectivity index (χ3n) is 5.54. The van der Waals surface area contributed by atoms with Gasteiger partial charge in [0, 0.05) is 11.6 Å². The molecule has 2 nitrogen and oxygen atoms in total. The molecule has 0 aliphatic heterocycles. The zero-order chi connectivity index (χ0) is 14.1. The van der Waals surface area contributed by atoms with Crippen molar-refractivity contribution in [3.05, 3.63) is 29.3 Å². The van der Waals surface area contributed by atoms with E-state index in [0.29, 0.717) is 6.04 Å². The van der Waals surface area contributed by atoms with Crippen LogP contribution < -0.4 is 10.1 Å². The predicted octanol–water partition coefficient (Wildman–Crippen LogP) is 4.09. The fourth-order valence-electron chi connectivity index (χ4n) is 4.47. The van der Waals surface area contributed by atoms with E-state index in [1.807, 2.05) is 0 Å². The lowest BCUT2D eigenvalue weighted by atomic mass is 9.82. The third kappa shape index (κ3) is 2.58. The molecule has 2 heteroatoms. The molecule has 0 aromatic heterocycles. The minimum absolute atomic E-state index is 0.426. The van der Waals surface area contributed by atoms with Gasteiger partial charge in [-0.3, -0.25) is 0 Å². The van der Waals surface area contributed by atoms with E-state index in [2.05, 4.69) is 37.5 Å². The van der Waals surface area contributed by atoms with Gasteiger partial charge in [0.25, 0.3) is 0 Å². The van der Waals surface area contributed by atoms with Gasteiger partial charge in [0.1, 0.15) is 5.75 Å². The summed E-state index contributed by atoms with van der Waals surface area (Å²) >= 11 is 0. The molecule has 20 heavy (non-hydrogen) atoms. The van der Waals surface area contributed by atoms with Crippen molar-refractivity contribution in [3.63, 3.8) is 0 Å². The summed E-state index contributed by atoms with van der Waals surface area (Å²) in [5.74, 6) is 3.97. The molecule has 2 bridgehead atoms. The third-order valence-corrected chi connectivity index (χ3v) is 5.54. The molecule has 0 heterocycles. The Labute approximate surface area is 122 Å². The molecular formula is C18H27NO. The molecule has 2 saturated carbocycles. The molecule has 1 N–H and O–H groups in total. The van der Waals surface area contributed by atoms with Crippen molar-refractivity contribution in [2.24, 2.45) is 17.8 Å². The lowest BCUT2D eigenvalue weighted by Gasteiger charge is -2.27. The maximum absolute atomic E-state index is 5.60. The zero-order valence-electron chi connectivity index (χ0n) is 13.0. The Morgan fingerprint density at radius 3 is 2.75 bits per heavy atom. The van der Waals surface area contributed by atoms with Crippen molar-refractivity contribution in [1.29, 1.82) is 0 Å². The summed E-state index contributed by atoms with van der Waals surface area (Å²) in [6, 6.07) is 7.02. The second-order valence-electron chi connectivity index (χ2n) is 6.76. The summed E-state index contributed by atoms with van der Waals surface area (Å²) in [5.41, 5.74) is 2.59. The second kappa shape index (κ2) is 5.77. The number of benzene rings is 1. The van der Waals surface area contributed by atoms with Crippen molar-refractivity contribution in [2.45, 2.75) is 45.1 Å². The summed E-state index contributed by atoms with van der Waals surface area (Å²) in [4.78, 5) is 0. The molecule has 0 amide bonds. The molecule has 110 valence electrons. The van der Waals surface area contributed by atoms with Crippen molar-refractivity contribution in [3.8, 4) is 5.75 Å². The lowest BCUT2D eigenvalue weighted by molar-refractivity contribution is 0.281. The van der Waals surface area contributed by atoms with Gasteiger partial charge < -0.3 is 10.1 Å². The first-order valence-corrected chi connectivity index (χ1v) is 8.03. The number of aryl methyl sites for hydroxylation is 1. The van der Waals surface area contributed by atoms with E-state index in [1.165, 1.54) is 43.2 Å². The molecule has 2 aliphatic carbocycles. The smallest absolute Gasteiger partial charge is 0.123 e. The van der Waals surface area contributed by atoms with Crippen LogP contribution in [0.2, 0.25) is 0 Å². The topological polar surface area (TPSA) is 21.3 Å². The number of methoxy groups -OCH3 is 1. The van der Waals surface area contributed by atoms with Gasteiger partial charge in [-0.15, -0.1) is 0 Å². The van der Waals surface area contributed by atoms with Crippen molar-refractivity contribution in [1.82, 2.24) is 5.32 Å². The highest BCUT2D eigenvalue weighted by molar-refractivity contribution is 5.39. The predicted molar refractivity (Wildman–Crippen MR) is 83.1 cm³/mol. The quantitative estimate of drug-likeness (QED) is 0.872. The number of rotatable bonds is 5. The number of hydrogen-bond donors (Lipinski definition) is 1. The van der Waals surface area contributed by atoms with Crippen LogP contribution in [0.5, 0.6) is 5.75 Å². The molecule has 3 rings (SSSR count). The highest BCUT2D eigenvalue weighted by Gasteiger charge is 2.40. The van der Waals surface area contributed by atoms with E-state index in [-0.39, 0.29) is 0 Å². The summed E-state index contributed by atoms with van der Waals surface area (Å²) in [6.07, 6.45) is 7.16. The number of ether oxygens (including phenoxy) is 1. The van der Waals surface area contributed by atoms with Gasteiger partial charge in [-0.25, -0.2) is 0 Å². The first-order valence-electron chi connectivity index (χ1n) is 8.03. The Kier molecular flexibility index (Phi) is 4.02. The molecule has 0 saturated heterocycles. The summed E-state index contributed by atoms with van der Waals surface area (Å²) in [7, 11) is 3.86. The average molecular weight is 273 g/mol. The van der Waals surface area contributed by atoms with E-state index >= 15 is 0 Å². The Balaban J connectivity index is 1.76. The standard InChI is InChI=1S/C18H27NO/c1-12-4-7-16(18(8-12)20-3)17(19-2)11-15-10-13-5-6-14(15)9-13/h4,7-8,13-15,17,19H,5-6,9-11H2,1-3H3. The Morgan fingerprint density at radius 2 is 2.15 bits per heavy atom. The fourth-order valence-corrected chi connectivity index (χ4v) is 4.47. The lowest BCUT2D eigenvalue weighted by Crippen LogP contribution is -2.23. The molecular weight excluding hydrogens is 246 g/mol. The Bertz CT molecular complexity index is 470. The molecule has 4 atom stereocenters. The SMILES string of the molecule is CNC(CC1CC2CCC1C2)c1ccc(C)cc1OC. The first kappa shape index (κ1) is 13.9. The minimum Gasteiger partial charge on any atom is -0.496 e. The Hall–Kier alpha value is -1.02. The molecule has 4 unspecified atom stereocenters. The number of fused-ring (bicyclic) bond motifs is 2.